The first-order valence-corrected chi connectivity index (χ1v) is 10.3. The number of nitrogen functional groups attached to an aromatic ring is 1. The molecule has 0 atom stereocenters. The van der Waals surface area contributed by atoms with Crippen molar-refractivity contribution < 1.29 is 13.6 Å². The summed E-state index contributed by atoms with van der Waals surface area (Å²) >= 11 is 0. The highest BCUT2D eigenvalue weighted by atomic mass is 19.2. The number of aromatic amines is 1. The second-order valence-electron chi connectivity index (χ2n) is 7.78. The van der Waals surface area contributed by atoms with Crippen molar-refractivity contribution in [3.8, 4) is 0 Å². The maximum absolute atomic E-state index is 13.4. The first-order valence-electron chi connectivity index (χ1n) is 10.3. The summed E-state index contributed by atoms with van der Waals surface area (Å²) < 4.78 is 27.8. The van der Waals surface area contributed by atoms with Crippen LogP contribution < -0.4 is 27.2 Å². The maximum atomic E-state index is 13.4. The van der Waals surface area contributed by atoms with Gasteiger partial charge in [-0.2, -0.15) is 0 Å². The van der Waals surface area contributed by atoms with Crippen LogP contribution in [0, 0.1) is 17.6 Å². The molecule has 0 aliphatic carbocycles. The topological polar surface area (TPSA) is 113 Å². The molecule has 0 unspecified atom stereocenters. The van der Waals surface area contributed by atoms with Crippen LogP contribution in [0.2, 0.25) is 0 Å². The lowest BCUT2D eigenvalue weighted by Gasteiger charge is -2.26. The van der Waals surface area contributed by atoms with Crippen LogP contribution in [-0.4, -0.2) is 28.5 Å². The third-order valence-corrected chi connectivity index (χ3v) is 4.78. The van der Waals surface area contributed by atoms with E-state index in [-0.39, 0.29) is 29.7 Å². The SMILES string of the molecule is CCCCn1c(N)c(N(CCC(C)C)CC(=O)Nc2ccc(F)c(F)c2)c(=O)[nH]c1=O. The molecular weight excluding hydrogens is 408 g/mol. The molecule has 0 saturated carbocycles. The number of amides is 1. The molecule has 4 N–H and O–H groups in total. The van der Waals surface area contributed by atoms with Crippen LogP contribution in [0.3, 0.4) is 0 Å². The van der Waals surface area contributed by atoms with E-state index in [0.29, 0.717) is 25.9 Å². The second-order valence-corrected chi connectivity index (χ2v) is 7.78. The molecule has 170 valence electrons. The van der Waals surface area contributed by atoms with Crippen LogP contribution >= 0.6 is 0 Å². The van der Waals surface area contributed by atoms with Gasteiger partial charge in [0.05, 0.1) is 6.54 Å². The van der Waals surface area contributed by atoms with Crippen LogP contribution in [0.25, 0.3) is 0 Å². The molecule has 0 spiro atoms. The van der Waals surface area contributed by atoms with Crippen molar-refractivity contribution >= 4 is 23.1 Å². The Morgan fingerprint density at radius 2 is 1.97 bits per heavy atom. The Morgan fingerprint density at radius 1 is 1.26 bits per heavy atom. The van der Waals surface area contributed by atoms with E-state index in [4.69, 9.17) is 5.73 Å². The van der Waals surface area contributed by atoms with Gasteiger partial charge in [0.2, 0.25) is 5.91 Å². The van der Waals surface area contributed by atoms with Crippen LogP contribution in [0.4, 0.5) is 26.0 Å². The summed E-state index contributed by atoms with van der Waals surface area (Å²) in [5.41, 5.74) is 5.02. The van der Waals surface area contributed by atoms with E-state index in [2.05, 4.69) is 10.3 Å². The Bertz CT molecular complexity index is 1030. The molecule has 31 heavy (non-hydrogen) atoms. The molecule has 10 heteroatoms. The van der Waals surface area contributed by atoms with E-state index in [1.165, 1.54) is 15.5 Å². The van der Waals surface area contributed by atoms with Gasteiger partial charge in [0.15, 0.2) is 11.6 Å². The number of halogens is 2. The van der Waals surface area contributed by atoms with Crippen molar-refractivity contribution in [1.29, 1.82) is 0 Å². The fourth-order valence-electron chi connectivity index (χ4n) is 3.05. The van der Waals surface area contributed by atoms with Gasteiger partial charge in [-0.25, -0.2) is 13.6 Å². The highest BCUT2D eigenvalue weighted by Gasteiger charge is 2.21. The molecule has 0 aliphatic heterocycles. The summed E-state index contributed by atoms with van der Waals surface area (Å²) in [6.07, 6.45) is 2.18. The van der Waals surface area contributed by atoms with E-state index in [0.717, 1.165) is 18.6 Å². The molecule has 0 radical (unpaired) electrons. The molecule has 0 bridgehead atoms. The lowest BCUT2D eigenvalue weighted by Crippen LogP contribution is -2.42. The standard InChI is InChI=1S/C21H29F2N5O3/c1-4-5-9-28-19(24)18(20(30)26-21(28)31)27(10-8-13(2)3)12-17(29)25-14-6-7-15(22)16(23)11-14/h6-7,11,13H,4-5,8-10,12,24H2,1-3H3,(H,25,29)(H,26,30,31). The van der Waals surface area contributed by atoms with Crippen molar-refractivity contribution in [1.82, 2.24) is 9.55 Å². The summed E-state index contributed by atoms with van der Waals surface area (Å²) in [6.45, 7) is 6.37. The fraction of sp³-hybridized carbons (Fsp3) is 0.476. The normalized spacial score (nSPS) is 11.0. The molecule has 1 heterocycles. The molecular formula is C21H29F2N5O3. The minimum atomic E-state index is -1.09. The number of nitrogens with two attached hydrogens (primary N) is 1. The van der Waals surface area contributed by atoms with Crippen LogP contribution in [0.5, 0.6) is 0 Å². The molecule has 8 nitrogen and oxygen atoms in total. The Balaban J connectivity index is 2.35. The maximum Gasteiger partial charge on any atom is 0.330 e. The zero-order chi connectivity index (χ0) is 23.1. The lowest BCUT2D eigenvalue weighted by molar-refractivity contribution is -0.115. The van der Waals surface area contributed by atoms with Crippen molar-refractivity contribution in [3.05, 3.63) is 50.7 Å². The number of hydrogen-bond donors (Lipinski definition) is 3. The second kappa shape index (κ2) is 10.7. The summed E-state index contributed by atoms with van der Waals surface area (Å²) in [7, 11) is 0. The van der Waals surface area contributed by atoms with Crippen molar-refractivity contribution in [2.75, 3.05) is 29.0 Å². The van der Waals surface area contributed by atoms with E-state index < -0.39 is 28.8 Å². The van der Waals surface area contributed by atoms with Crippen molar-refractivity contribution in [2.45, 2.75) is 46.6 Å². The first-order chi connectivity index (χ1) is 14.6. The number of unbranched alkanes of at least 4 members (excludes halogenated alkanes) is 1. The summed E-state index contributed by atoms with van der Waals surface area (Å²) in [4.78, 5) is 41.1. The Labute approximate surface area is 179 Å². The van der Waals surface area contributed by atoms with Crippen LogP contribution in [0.15, 0.2) is 27.8 Å². The zero-order valence-corrected chi connectivity index (χ0v) is 18.0. The molecule has 1 amide bonds. The quantitative estimate of drug-likeness (QED) is 0.529. The van der Waals surface area contributed by atoms with E-state index in [1.807, 2.05) is 20.8 Å². The molecule has 1 aromatic carbocycles. The number of rotatable bonds is 10. The Kier molecular flexibility index (Phi) is 8.35. The van der Waals surface area contributed by atoms with Gasteiger partial charge < -0.3 is 16.0 Å². The number of benzene rings is 1. The number of anilines is 3. The number of nitrogens with one attached hydrogen (secondary N) is 2. The number of H-pyrrole nitrogens is 1. The summed E-state index contributed by atoms with van der Waals surface area (Å²) in [6, 6.07) is 3.02. The highest BCUT2D eigenvalue weighted by molar-refractivity contribution is 5.94. The van der Waals surface area contributed by atoms with Crippen molar-refractivity contribution in [2.24, 2.45) is 5.92 Å². The summed E-state index contributed by atoms with van der Waals surface area (Å²) in [5, 5.41) is 2.49. The van der Waals surface area contributed by atoms with Gasteiger partial charge in [0, 0.05) is 24.8 Å². The van der Waals surface area contributed by atoms with Gasteiger partial charge in [0.25, 0.3) is 5.56 Å². The summed E-state index contributed by atoms with van der Waals surface area (Å²) in [5.74, 6) is -2.38. The Hall–Kier alpha value is -3.17. The number of carbonyl (C=O) groups is 1. The van der Waals surface area contributed by atoms with Crippen LogP contribution in [0.1, 0.15) is 40.0 Å². The minimum absolute atomic E-state index is 0.00779. The largest absolute Gasteiger partial charge is 0.383 e. The average Bonchev–Trinajstić information content (AvgIpc) is 2.68. The zero-order valence-electron chi connectivity index (χ0n) is 18.0. The predicted molar refractivity (Wildman–Crippen MR) is 117 cm³/mol. The molecule has 2 aromatic rings. The smallest absolute Gasteiger partial charge is 0.330 e. The van der Waals surface area contributed by atoms with Gasteiger partial charge >= 0.3 is 5.69 Å². The third kappa shape index (κ3) is 6.40. The molecule has 0 saturated heterocycles. The van der Waals surface area contributed by atoms with Gasteiger partial charge in [-0.05, 0) is 30.9 Å². The minimum Gasteiger partial charge on any atom is -0.383 e. The Morgan fingerprint density at radius 3 is 2.58 bits per heavy atom. The number of hydrogen-bond acceptors (Lipinski definition) is 5. The molecule has 0 aliphatic rings. The molecule has 2 rings (SSSR count). The third-order valence-electron chi connectivity index (χ3n) is 4.78. The highest BCUT2D eigenvalue weighted by Crippen LogP contribution is 2.19. The monoisotopic (exact) mass is 437 g/mol. The van der Waals surface area contributed by atoms with Gasteiger partial charge in [-0.15, -0.1) is 0 Å². The number of nitrogens with zero attached hydrogens (tertiary/aromatic N) is 2. The van der Waals surface area contributed by atoms with E-state index in [1.54, 1.807) is 0 Å². The van der Waals surface area contributed by atoms with Crippen molar-refractivity contribution in [3.63, 3.8) is 0 Å². The van der Waals surface area contributed by atoms with Gasteiger partial charge in [0.1, 0.15) is 11.5 Å². The first kappa shape index (κ1) is 24.1. The molecule has 0 fully saturated rings. The van der Waals surface area contributed by atoms with Gasteiger partial charge in [-0.1, -0.05) is 27.2 Å². The van der Waals surface area contributed by atoms with E-state index in [9.17, 15) is 23.2 Å². The predicted octanol–water partition coefficient (Wildman–Crippen LogP) is 2.69. The average molecular weight is 437 g/mol. The number of carbonyl (C=O) groups excluding carboxylic acids is 1. The number of aromatic nitrogens is 2. The van der Waals surface area contributed by atoms with Crippen LogP contribution in [-0.2, 0) is 11.3 Å². The van der Waals surface area contributed by atoms with Gasteiger partial charge in [-0.3, -0.25) is 19.1 Å². The fourth-order valence-corrected chi connectivity index (χ4v) is 3.05. The molecule has 1 aromatic heterocycles. The van der Waals surface area contributed by atoms with E-state index >= 15 is 0 Å². The lowest BCUT2D eigenvalue weighted by atomic mass is 10.1.